The van der Waals surface area contributed by atoms with Crippen LogP contribution in [0.15, 0.2) is 0 Å². The van der Waals surface area contributed by atoms with Gasteiger partial charge in [0, 0.05) is 26.2 Å². The maximum absolute atomic E-state index is 12.3. The van der Waals surface area contributed by atoms with E-state index in [1.54, 1.807) is 0 Å². The summed E-state index contributed by atoms with van der Waals surface area (Å²) in [6.45, 7) is 9.35. The summed E-state index contributed by atoms with van der Waals surface area (Å²) < 4.78 is 5.38. The van der Waals surface area contributed by atoms with Gasteiger partial charge in [-0.1, -0.05) is 6.92 Å². The van der Waals surface area contributed by atoms with Crippen LogP contribution < -0.4 is 5.73 Å². The smallest absolute Gasteiger partial charge is 0.239 e. The molecule has 0 aromatic rings. The zero-order valence-electron chi connectivity index (χ0n) is 11.7. The van der Waals surface area contributed by atoms with Gasteiger partial charge in [-0.15, -0.1) is 0 Å². The van der Waals surface area contributed by atoms with E-state index in [1.807, 2.05) is 11.8 Å². The summed E-state index contributed by atoms with van der Waals surface area (Å²) >= 11 is 0. The van der Waals surface area contributed by atoms with Crippen molar-refractivity contribution < 1.29 is 9.53 Å². The van der Waals surface area contributed by atoms with Crippen molar-refractivity contribution in [1.29, 1.82) is 0 Å². The quantitative estimate of drug-likeness (QED) is 0.635. The Morgan fingerprint density at radius 1 is 1.39 bits per heavy atom. The summed E-state index contributed by atoms with van der Waals surface area (Å²) in [5, 5.41) is 0. The summed E-state index contributed by atoms with van der Waals surface area (Å²) in [5.41, 5.74) is 5.37. The van der Waals surface area contributed by atoms with Crippen molar-refractivity contribution in [3.05, 3.63) is 0 Å². The summed E-state index contributed by atoms with van der Waals surface area (Å²) in [7, 11) is 0. The predicted molar refractivity (Wildman–Crippen MR) is 72.4 cm³/mol. The first kappa shape index (κ1) is 15.4. The number of hydrogen-bond acceptors (Lipinski definition) is 4. The molecule has 1 saturated heterocycles. The molecule has 0 bridgehead atoms. The van der Waals surface area contributed by atoms with Crippen molar-refractivity contribution in [2.75, 3.05) is 45.9 Å². The lowest BCUT2D eigenvalue weighted by molar-refractivity contribution is -0.135. The second-order valence-electron chi connectivity index (χ2n) is 4.74. The van der Waals surface area contributed by atoms with Gasteiger partial charge in [0.15, 0.2) is 0 Å². The van der Waals surface area contributed by atoms with Gasteiger partial charge in [0.1, 0.15) is 0 Å². The summed E-state index contributed by atoms with van der Waals surface area (Å²) in [6, 6.07) is -0.0467. The molecule has 0 aliphatic carbocycles. The first-order chi connectivity index (χ1) is 8.70. The highest BCUT2D eigenvalue weighted by atomic mass is 16.5. The van der Waals surface area contributed by atoms with Crippen LogP contribution in [0.1, 0.15) is 26.7 Å². The van der Waals surface area contributed by atoms with E-state index in [-0.39, 0.29) is 11.9 Å². The molecule has 0 saturated carbocycles. The number of ether oxygens (including phenoxy) is 1. The number of carbonyl (C=O) groups excluding carboxylic acids is 1. The minimum absolute atomic E-state index is 0.0467. The fourth-order valence-corrected chi connectivity index (χ4v) is 2.35. The van der Waals surface area contributed by atoms with E-state index >= 15 is 0 Å². The number of nitrogens with two attached hydrogens (primary N) is 1. The third-order valence-electron chi connectivity index (χ3n) is 3.51. The van der Waals surface area contributed by atoms with Gasteiger partial charge in [0.05, 0.1) is 19.3 Å². The van der Waals surface area contributed by atoms with Crippen molar-refractivity contribution in [2.24, 2.45) is 5.73 Å². The zero-order valence-corrected chi connectivity index (χ0v) is 11.7. The predicted octanol–water partition coefficient (Wildman–Crippen LogP) is 0.295. The standard InChI is InChI=1S/C13H27N3O2/c1-3-15(9-11-18-10-6-14)12(2)13(17)16-7-4-5-8-16/h12H,3-11,14H2,1-2H3. The number of hydrogen-bond donors (Lipinski definition) is 1. The number of nitrogens with zero attached hydrogens (tertiary/aromatic N) is 2. The second-order valence-corrected chi connectivity index (χ2v) is 4.74. The molecule has 5 heteroatoms. The van der Waals surface area contributed by atoms with Crippen LogP contribution in [0, 0.1) is 0 Å². The van der Waals surface area contributed by atoms with Gasteiger partial charge in [0.25, 0.3) is 0 Å². The first-order valence-corrected chi connectivity index (χ1v) is 7.01. The molecule has 0 aromatic carbocycles. The number of carbonyl (C=O) groups is 1. The lowest BCUT2D eigenvalue weighted by Gasteiger charge is -2.30. The summed E-state index contributed by atoms with van der Waals surface area (Å²) in [6.07, 6.45) is 2.29. The van der Waals surface area contributed by atoms with Crippen LogP contribution >= 0.6 is 0 Å². The van der Waals surface area contributed by atoms with Crippen LogP contribution in [0.4, 0.5) is 0 Å². The third-order valence-corrected chi connectivity index (χ3v) is 3.51. The van der Waals surface area contributed by atoms with E-state index in [0.717, 1.165) is 39.0 Å². The molecule has 1 rings (SSSR count). The molecule has 1 fully saturated rings. The Morgan fingerprint density at radius 2 is 2.06 bits per heavy atom. The normalized spacial score (nSPS) is 17.4. The van der Waals surface area contributed by atoms with Crippen LogP contribution in [0.5, 0.6) is 0 Å². The lowest BCUT2D eigenvalue weighted by Crippen LogP contribution is -2.47. The number of amides is 1. The monoisotopic (exact) mass is 257 g/mol. The molecule has 2 N–H and O–H groups in total. The topological polar surface area (TPSA) is 58.8 Å². The Labute approximate surface area is 110 Å². The molecule has 1 aliphatic heterocycles. The second kappa shape index (κ2) is 8.45. The minimum atomic E-state index is -0.0467. The molecule has 18 heavy (non-hydrogen) atoms. The molecule has 1 heterocycles. The largest absolute Gasteiger partial charge is 0.379 e. The Hall–Kier alpha value is -0.650. The molecule has 0 aromatic heterocycles. The van der Waals surface area contributed by atoms with Gasteiger partial charge in [-0.25, -0.2) is 0 Å². The van der Waals surface area contributed by atoms with Crippen LogP contribution in [-0.4, -0.2) is 67.7 Å². The molecule has 0 spiro atoms. The summed E-state index contributed by atoms with van der Waals surface area (Å²) in [5.74, 6) is 0.258. The van der Waals surface area contributed by atoms with Gasteiger partial charge < -0.3 is 15.4 Å². The number of likely N-dealkylation sites (tertiary alicyclic amines) is 1. The fraction of sp³-hybridized carbons (Fsp3) is 0.923. The van der Waals surface area contributed by atoms with E-state index < -0.39 is 0 Å². The van der Waals surface area contributed by atoms with Crippen LogP contribution in [0.2, 0.25) is 0 Å². The van der Waals surface area contributed by atoms with Crippen molar-refractivity contribution in [3.63, 3.8) is 0 Å². The maximum Gasteiger partial charge on any atom is 0.239 e. The molecular formula is C13H27N3O2. The maximum atomic E-state index is 12.3. The van der Waals surface area contributed by atoms with Crippen molar-refractivity contribution in [2.45, 2.75) is 32.7 Å². The van der Waals surface area contributed by atoms with Gasteiger partial charge in [0.2, 0.25) is 5.91 Å². The van der Waals surface area contributed by atoms with Gasteiger partial charge >= 0.3 is 0 Å². The van der Waals surface area contributed by atoms with Gasteiger partial charge in [-0.3, -0.25) is 9.69 Å². The van der Waals surface area contributed by atoms with Gasteiger partial charge in [-0.05, 0) is 26.3 Å². The molecule has 1 atom stereocenters. The third kappa shape index (κ3) is 4.55. The molecule has 106 valence electrons. The molecule has 1 amide bonds. The first-order valence-electron chi connectivity index (χ1n) is 7.01. The van der Waals surface area contributed by atoms with E-state index in [9.17, 15) is 4.79 Å². The zero-order chi connectivity index (χ0) is 13.4. The molecule has 1 aliphatic rings. The van der Waals surface area contributed by atoms with Crippen LogP contribution in [0.3, 0.4) is 0 Å². The lowest BCUT2D eigenvalue weighted by atomic mass is 10.2. The Balaban J connectivity index is 2.35. The Kier molecular flexibility index (Phi) is 7.23. The molecule has 1 unspecified atom stereocenters. The highest BCUT2D eigenvalue weighted by molar-refractivity contribution is 5.81. The van der Waals surface area contributed by atoms with E-state index in [0.29, 0.717) is 19.8 Å². The molecule has 0 radical (unpaired) electrons. The van der Waals surface area contributed by atoms with Gasteiger partial charge in [-0.2, -0.15) is 0 Å². The van der Waals surface area contributed by atoms with Crippen LogP contribution in [-0.2, 0) is 9.53 Å². The summed E-state index contributed by atoms with van der Waals surface area (Å²) in [4.78, 5) is 16.4. The van der Waals surface area contributed by atoms with Crippen LogP contribution in [0.25, 0.3) is 0 Å². The minimum Gasteiger partial charge on any atom is -0.379 e. The molecular weight excluding hydrogens is 230 g/mol. The number of rotatable bonds is 8. The average Bonchev–Trinajstić information content (AvgIpc) is 2.91. The van der Waals surface area contributed by atoms with E-state index in [1.165, 1.54) is 0 Å². The Morgan fingerprint density at radius 3 is 2.61 bits per heavy atom. The highest BCUT2D eigenvalue weighted by Gasteiger charge is 2.26. The van der Waals surface area contributed by atoms with E-state index in [4.69, 9.17) is 10.5 Å². The average molecular weight is 257 g/mol. The fourth-order valence-electron chi connectivity index (χ4n) is 2.35. The SMILES string of the molecule is CCN(CCOCCN)C(C)C(=O)N1CCCC1. The molecule has 5 nitrogen and oxygen atoms in total. The van der Waals surface area contributed by atoms with E-state index in [2.05, 4.69) is 11.8 Å². The van der Waals surface area contributed by atoms with Crippen molar-refractivity contribution >= 4 is 5.91 Å². The number of likely N-dealkylation sites (N-methyl/N-ethyl adjacent to an activating group) is 1. The van der Waals surface area contributed by atoms with Crippen molar-refractivity contribution in [3.8, 4) is 0 Å². The highest BCUT2D eigenvalue weighted by Crippen LogP contribution is 2.11. The van der Waals surface area contributed by atoms with Crippen molar-refractivity contribution in [1.82, 2.24) is 9.80 Å². The Bertz CT molecular complexity index is 242.